The van der Waals surface area contributed by atoms with Gasteiger partial charge in [-0.2, -0.15) is 4.98 Å². The summed E-state index contributed by atoms with van der Waals surface area (Å²) in [6, 6.07) is 7.83. The van der Waals surface area contributed by atoms with Gasteiger partial charge in [0, 0.05) is 30.5 Å². The van der Waals surface area contributed by atoms with E-state index in [0.717, 1.165) is 11.3 Å². The summed E-state index contributed by atoms with van der Waals surface area (Å²) >= 11 is 0. The van der Waals surface area contributed by atoms with Gasteiger partial charge in [-0.05, 0) is 13.0 Å². The first-order valence-electron chi connectivity index (χ1n) is 8.71. The summed E-state index contributed by atoms with van der Waals surface area (Å²) in [6.07, 6.45) is 0.405. The Balaban J connectivity index is 1.72. The third-order valence-electron chi connectivity index (χ3n) is 4.31. The van der Waals surface area contributed by atoms with Crippen LogP contribution in [0.5, 0.6) is 5.75 Å². The Bertz CT molecular complexity index is 748. The molecule has 1 aromatic carbocycles. The topological polar surface area (TPSA) is 68.5 Å². The SMILES string of the molecule is CCOc1ccccc1CN1CC(c2nc(C(C)(C)C)no2)CC1=O. The van der Waals surface area contributed by atoms with E-state index in [1.54, 1.807) is 0 Å². The molecular weight excluding hydrogens is 318 g/mol. The third kappa shape index (κ3) is 3.83. The highest BCUT2D eigenvalue weighted by molar-refractivity contribution is 5.79. The maximum atomic E-state index is 12.4. The molecule has 134 valence electrons. The second-order valence-electron chi connectivity index (χ2n) is 7.42. The number of carbonyl (C=O) groups is 1. The van der Waals surface area contributed by atoms with Crippen LogP contribution in [-0.4, -0.2) is 34.1 Å². The van der Waals surface area contributed by atoms with Crippen LogP contribution in [0.3, 0.4) is 0 Å². The van der Waals surface area contributed by atoms with Gasteiger partial charge in [0.1, 0.15) is 5.75 Å². The summed E-state index contributed by atoms with van der Waals surface area (Å²) in [5.74, 6) is 2.12. The van der Waals surface area contributed by atoms with Crippen molar-refractivity contribution in [1.82, 2.24) is 15.0 Å². The lowest BCUT2D eigenvalue weighted by molar-refractivity contribution is -0.128. The van der Waals surface area contributed by atoms with Crippen LogP contribution in [0.25, 0.3) is 0 Å². The van der Waals surface area contributed by atoms with Gasteiger partial charge in [-0.25, -0.2) is 0 Å². The summed E-state index contributed by atoms with van der Waals surface area (Å²) in [5.41, 5.74) is 0.847. The fourth-order valence-electron chi connectivity index (χ4n) is 2.93. The van der Waals surface area contributed by atoms with Crippen molar-refractivity contribution >= 4 is 5.91 Å². The molecule has 0 spiro atoms. The molecule has 1 atom stereocenters. The van der Waals surface area contributed by atoms with E-state index in [9.17, 15) is 4.79 Å². The smallest absolute Gasteiger partial charge is 0.232 e. The van der Waals surface area contributed by atoms with Crippen molar-refractivity contribution in [3.63, 3.8) is 0 Å². The molecular formula is C19H25N3O3. The van der Waals surface area contributed by atoms with Crippen LogP contribution in [0, 0.1) is 0 Å². The molecule has 0 bridgehead atoms. The zero-order chi connectivity index (χ0) is 18.0. The monoisotopic (exact) mass is 343 g/mol. The second-order valence-corrected chi connectivity index (χ2v) is 7.42. The van der Waals surface area contributed by atoms with Gasteiger partial charge >= 0.3 is 0 Å². The van der Waals surface area contributed by atoms with Crippen LogP contribution < -0.4 is 4.74 Å². The number of rotatable bonds is 5. The van der Waals surface area contributed by atoms with Gasteiger partial charge in [-0.1, -0.05) is 44.1 Å². The number of para-hydroxylation sites is 1. The summed E-state index contributed by atoms with van der Waals surface area (Å²) in [5, 5.41) is 4.07. The lowest BCUT2D eigenvalue weighted by Gasteiger charge is -2.18. The van der Waals surface area contributed by atoms with Gasteiger partial charge in [0.05, 0.1) is 12.5 Å². The summed E-state index contributed by atoms with van der Waals surface area (Å²) in [7, 11) is 0. The highest BCUT2D eigenvalue weighted by Gasteiger charge is 2.35. The fourth-order valence-corrected chi connectivity index (χ4v) is 2.93. The molecule has 1 amide bonds. The van der Waals surface area contributed by atoms with E-state index in [4.69, 9.17) is 9.26 Å². The number of hydrogen-bond donors (Lipinski definition) is 0. The molecule has 0 aliphatic carbocycles. The number of amides is 1. The van der Waals surface area contributed by atoms with Crippen LogP contribution in [-0.2, 0) is 16.8 Å². The van der Waals surface area contributed by atoms with E-state index in [0.29, 0.717) is 37.8 Å². The van der Waals surface area contributed by atoms with Crippen LogP contribution in [0.1, 0.15) is 57.3 Å². The third-order valence-corrected chi connectivity index (χ3v) is 4.31. The quantitative estimate of drug-likeness (QED) is 0.833. The lowest BCUT2D eigenvalue weighted by Crippen LogP contribution is -2.24. The van der Waals surface area contributed by atoms with Gasteiger partial charge in [0.25, 0.3) is 0 Å². The van der Waals surface area contributed by atoms with Gasteiger partial charge in [0.2, 0.25) is 11.8 Å². The van der Waals surface area contributed by atoms with Gasteiger partial charge in [-0.3, -0.25) is 4.79 Å². The van der Waals surface area contributed by atoms with Gasteiger partial charge in [0.15, 0.2) is 5.82 Å². The predicted molar refractivity (Wildman–Crippen MR) is 93.4 cm³/mol. The maximum Gasteiger partial charge on any atom is 0.232 e. The van der Waals surface area contributed by atoms with Crippen molar-refractivity contribution in [2.75, 3.05) is 13.2 Å². The summed E-state index contributed by atoms with van der Waals surface area (Å²) in [6.45, 7) is 9.80. The number of benzene rings is 1. The predicted octanol–water partition coefficient (Wildman–Crippen LogP) is 3.28. The number of carbonyl (C=O) groups excluding carboxylic acids is 1. The molecule has 1 aliphatic heterocycles. The highest BCUT2D eigenvalue weighted by atomic mass is 16.5. The Kier molecular flexibility index (Phi) is 4.79. The molecule has 6 nitrogen and oxygen atoms in total. The minimum absolute atomic E-state index is 0.0460. The Labute approximate surface area is 148 Å². The molecule has 0 saturated carbocycles. The fraction of sp³-hybridized carbons (Fsp3) is 0.526. The average Bonchev–Trinajstić information content (AvgIpc) is 3.17. The molecule has 6 heteroatoms. The number of aromatic nitrogens is 2. The summed E-state index contributed by atoms with van der Waals surface area (Å²) < 4.78 is 11.1. The van der Waals surface area contributed by atoms with Crippen molar-refractivity contribution in [3.8, 4) is 5.75 Å². The van der Waals surface area contributed by atoms with E-state index in [1.165, 1.54) is 0 Å². The zero-order valence-corrected chi connectivity index (χ0v) is 15.3. The minimum Gasteiger partial charge on any atom is -0.494 e. The van der Waals surface area contributed by atoms with E-state index in [-0.39, 0.29) is 17.2 Å². The number of likely N-dealkylation sites (tertiary alicyclic amines) is 1. The molecule has 2 heterocycles. The first-order chi connectivity index (χ1) is 11.9. The van der Waals surface area contributed by atoms with Crippen molar-refractivity contribution in [3.05, 3.63) is 41.5 Å². The Morgan fingerprint density at radius 3 is 2.76 bits per heavy atom. The highest BCUT2D eigenvalue weighted by Crippen LogP contribution is 2.31. The molecule has 1 aliphatic rings. The van der Waals surface area contributed by atoms with E-state index in [2.05, 4.69) is 10.1 Å². The zero-order valence-electron chi connectivity index (χ0n) is 15.3. The van der Waals surface area contributed by atoms with Crippen molar-refractivity contribution in [1.29, 1.82) is 0 Å². The Morgan fingerprint density at radius 2 is 2.08 bits per heavy atom. The normalized spacial score (nSPS) is 18.0. The van der Waals surface area contributed by atoms with Gasteiger partial charge < -0.3 is 14.2 Å². The molecule has 0 N–H and O–H groups in total. The van der Waals surface area contributed by atoms with Crippen molar-refractivity contribution < 1.29 is 14.1 Å². The minimum atomic E-state index is -0.166. The van der Waals surface area contributed by atoms with Crippen molar-refractivity contribution in [2.24, 2.45) is 0 Å². The van der Waals surface area contributed by atoms with Crippen LogP contribution in [0.15, 0.2) is 28.8 Å². The first kappa shape index (κ1) is 17.5. The van der Waals surface area contributed by atoms with Gasteiger partial charge in [-0.15, -0.1) is 0 Å². The number of nitrogens with zero attached hydrogens (tertiary/aromatic N) is 3. The largest absolute Gasteiger partial charge is 0.494 e. The maximum absolute atomic E-state index is 12.4. The molecule has 25 heavy (non-hydrogen) atoms. The lowest BCUT2D eigenvalue weighted by atomic mass is 9.96. The van der Waals surface area contributed by atoms with Crippen LogP contribution >= 0.6 is 0 Å². The molecule has 1 aromatic heterocycles. The molecule has 2 aromatic rings. The Hall–Kier alpha value is -2.37. The molecule has 1 saturated heterocycles. The van der Waals surface area contributed by atoms with Crippen LogP contribution in [0.4, 0.5) is 0 Å². The van der Waals surface area contributed by atoms with E-state index >= 15 is 0 Å². The van der Waals surface area contributed by atoms with Crippen LogP contribution in [0.2, 0.25) is 0 Å². The Morgan fingerprint density at radius 1 is 1.32 bits per heavy atom. The molecule has 0 radical (unpaired) electrons. The first-order valence-corrected chi connectivity index (χ1v) is 8.71. The average molecular weight is 343 g/mol. The molecule has 1 unspecified atom stereocenters. The number of ether oxygens (including phenoxy) is 1. The van der Waals surface area contributed by atoms with E-state index in [1.807, 2.05) is 56.9 Å². The molecule has 1 fully saturated rings. The molecule has 3 rings (SSSR count). The second kappa shape index (κ2) is 6.86. The summed E-state index contributed by atoms with van der Waals surface area (Å²) in [4.78, 5) is 18.8. The standard InChI is InChI=1S/C19H25N3O3/c1-5-24-15-9-7-6-8-13(15)11-22-12-14(10-16(22)23)17-20-18(21-25-17)19(2,3)4/h6-9,14H,5,10-12H2,1-4H3. The van der Waals surface area contributed by atoms with Crippen molar-refractivity contribution in [2.45, 2.75) is 52.0 Å². The van der Waals surface area contributed by atoms with E-state index < -0.39 is 0 Å². The number of hydrogen-bond acceptors (Lipinski definition) is 5.